The molecule has 1 aromatic heterocycles. The van der Waals surface area contributed by atoms with Crippen molar-refractivity contribution in [2.75, 3.05) is 11.9 Å². The van der Waals surface area contributed by atoms with Crippen LogP contribution in [0.2, 0.25) is 0 Å². The first-order valence-electron chi connectivity index (χ1n) is 9.57. The summed E-state index contributed by atoms with van der Waals surface area (Å²) in [5.41, 5.74) is 1.01. The molecular formula is C23H19FN2O3. The number of halogens is 1. The van der Waals surface area contributed by atoms with E-state index >= 15 is 0 Å². The number of carbonyl (C=O) groups excluding carboxylic acids is 1. The lowest BCUT2D eigenvalue weighted by Crippen LogP contribution is -2.26. The molecule has 1 N–H and O–H groups in total. The third-order valence-corrected chi connectivity index (χ3v) is 5.66. The molecule has 1 aliphatic heterocycles. The summed E-state index contributed by atoms with van der Waals surface area (Å²) in [5, 5.41) is 2.91. The van der Waals surface area contributed by atoms with E-state index in [1.807, 2.05) is 18.2 Å². The van der Waals surface area contributed by atoms with Crippen molar-refractivity contribution in [1.29, 1.82) is 0 Å². The SMILES string of the molecule is O=C(Nc1ccc(Oc2ccc(F)cc2)cn1)C1CC12CCOc1ccccc12. The molecule has 1 saturated carbocycles. The van der Waals surface area contributed by atoms with Gasteiger partial charge in [-0.3, -0.25) is 4.79 Å². The quantitative estimate of drug-likeness (QED) is 0.702. The fourth-order valence-corrected chi connectivity index (χ4v) is 4.07. The number of para-hydroxylation sites is 1. The molecule has 5 rings (SSSR count). The molecule has 0 radical (unpaired) electrons. The highest BCUT2D eigenvalue weighted by molar-refractivity contribution is 5.95. The van der Waals surface area contributed by atoms with E-state index in [0.29, 0.717) is 23.9 Å². The lowest BCUT2D eigenvalue weighted by Gasteiger charge is -2.26. The van der Waals surface area contributed by atoms with E-state index in [1.54, 1.807) is 24.3 Å². The van der Waals surface area contributed by atoms with E-state index < -0.39 is 0 Å². The zero-order valence-electron chi connectivity index (χ0n) is 15.6. The van der Waals surface area contributed by atoms with Gasteiger partial charge in [0.2, 0.25) is 5.91 Å². The number of ether oxygens (including phenoxy) is 2. The van der Waals surface area contributed by atoms with Crippen molar-refractivity contribution < 1.29 is 18.7 Å². The molecule has 2 heterocycles. The number of hydrogen-bond acceptors (Lipinski definition) is 4. The lowest BCUT2D eigenvalue weighted by atomic mass is 9.87. The van der Waals surface area contributed by atoms with Crippen LogP contribution in [0.25, 0.3) is 0 Å². The van der Waals surface area contributed by atoms with Gasteiger partial charge in [-0.15, -0.1) is 0 Å². The zero-order valence-corrected chi connectivity index (χ0v) is 15.6. The van der Waals surface area contributed by atoms with Crippen LogP contribution in [0.15, 0.2) is 66.9 Å². The highest BCUT2D eigenvalue weighted by atomic mass is 19.1. The Bertz CT molecular complexity index is 1050. The summed E-state index contributed by atoms with van der Waals surface area (Å²) in [6, 6.07) is 17.1. The smallest absolute Gasteiger partial charge is 0.229 e. The van der Waals surface area contributed by atoms with Gasteiger partial charge >= 0.3 is 0 Å². The van der Waals surface area contributed by atoms with Crippen LogP contribution in [0.4, 0.5) is 10.2 Å². The number of amides is 1. The molecule has 1 aliphatic carbocycles. The predicted octanol–water partition coefficient (Wildman–Crippen LogP) is 4.69. The first-order valence-corrected chi connectivity index (χ1v) is 9.57. The van der Waals surface area contributed by atoms with Gasteiger partial charge in [0.1, 0.15) is 28.9 Å². The summed E-state index contributed by atoms with van der Waals surface area (Å²) in [6.07, 6.45) is 3.20. The van der Waals surface area contributed by atoms with Crippen LogP contribution in [0.5, 0.6) is 17.2 Å². The summed E-state index contributed by atoms with van der Waals surface area (Å²) in [4.78, 5) is 17.1. The Morgan fingerprint density at radius 1 is 1.10 bits per heavy atom. The first kappa shape index (κ1) is 17.7. The summed E-state index contributed by atoms with van der Waals surface area (Å²) in [7, 11) is 0. The molecular weight excluding hydrogens is 371 g/mol. The van der Waals surface area contributed by atoms with Gasteiger partial charge in [-0.2, -0.15) is 0 Å². The minimum Gasteiger partial charge on any atom is -0.493 e. The fourth-order valence-electron chi connectivity index (χ4n) is 4.07. The standard InChI is InChI=1S/C23H19FN2O3/c24-15-5-7-16(8-6-15)29-17-9-10-21(25-14-17)26-22(27)19-13-23(19)11-12-28-20-4-2-1-3-18(20)23/h1-10,14,19H,11-13H2,(H,25,26,27). The van der Waals surface area contributed by atoms with E-state index in [9.17, 15) is 9.18 Å². The van der Waals surface area contributed by atoms with Crippen LogP contribution >= 0.6 is 0 Å². The Hall–Kier alpha value is -3.41. The summed E-state index contributed by atoms with van der Waals surface area (Å²) in [6.45, 7) is 0.633. The van der Waals surface area contributed by atoms with Gasteiger partial charge in [0.05, 0.1) is 12.8 Å². The zero-order chi connectivity index (χ0) is 19.8. The Morgan fingerprint density at radius 2 is 1.90 bits per heavy atom. The molecule has 2 unspecified atom stereocenters. The Labute approximate surface area is 167 Å². The molecule has 6 heteroatoms. The van der Waals surface area contributed by atoms with Crippen molar-refractivity contribution in [3.05, 3.63) is 78.2 Å². The third-order valence-electron chi connectivity index (χ3n) is 5.66. The van der Waals surface area contributed by atoms with Crippen molar-refractivity contribution in [2.45, 2.75) is 18.3 Å². The largest absolute Gasteiger partial charge is 0.493 e. The van der Waals surface area contributed by atoms with Gasteiger partial charge in [-0.1, -0.05) is 18.2 Å². The molecule has 2 atom stereocenters. The Morgan fingerprint density at radius 3 is 2.69 bits per heavy atom. The van der Waals surface area contributed by atoms with Gasteiger partial charge in [0.15, 0.2) is 0 Å². The van der Waals surface area contributed by atoms with Gasteiger partial charge in [-0.25, -0.2) is 9.37 Å². The number of rotatable bonds is 4. The average Bonchev–Trinajstić information content (AvgIpc) is 3.46. The maximum absolute atomic E-state index is 13.0. The topological polar surface area (TPSA) is 60.5 Å². The molecule has 29 heavy (non-hydrogen) atoms. The maximum atomic E-state index is 13.0. The molecule has 3 aromatic rings. The number of hydrogen-bond donors (Lipinski definition) is 1. The average molecular weight is 390 g/mol. The van der Waals surface area contributed by atoms with E-state index in [4.69, 9.17) is 9.47 Å². The first-order chi connectivity index (χ1) is 14.1. The minimum atomic E-state index is -0.321. The van der Waals surface area contributed by atoms with Gasteiger partial charge in [-0.05, 0) is 55.3 Å². The summed E-state index contributed by atoms with van der Waals surface area (Å²) >= 11 is 0. The molecule has 5 nitrogen and oxygen atoms in total. The summed E-state index contributed by atoms with van der Waals surface area (Å²) in [5.74, 6) is 1.96. The van der Waals surface area contributed by atoms with Gasteiger partial charge in [0.25, 0.3) is 0 Å². The van der Waals surface area contributed by atoms with Crippen molar-refractivity contribution in [3.8, 4) is 17.2 Å². The van der Waals surface area contributed by atoms with Crippen LogP contribution < -0.4 is 14.8 Å². The second kappa shape index (κ2) is 6.88. The molecule has 2 aliphatic rings. The van der Waals surface area contributed by atoms with Gasteiger partial charge < -0.3 is 14.8 Å². The molecule has 146 valence electrons. The van der Waals surface area contributed by atoms with Crippen molar-refractivity contribution in [1.82, 2.24) is 4.98 Å². The van der Waals surface area contributed by atoms with E-state index in [2.05, 4.69) is 16.4 Å². The van der Waals surface area contributed by atoms with Crippen molar-refractivity contribution in [3.63, 3.8) is 0 Å². The number of nitrogens with one attached hydrogen (secondary N) is 1. The lowest BCUT2D eigenvalue weighted by molar-refractivity contribution is -0.117. The fraction of sp³-hybridized carbons (Fsp3) is 0.217. The van der Waals surface area contributed by atoms with Crippen LogP contribution in [0.3, 0.4) is 0 Å². The number of pyridine rings is 1. The minimum absolute atomic E-state index is 0.0265. The Kier molecular flexibility index (Phi) is 4.19. The highest BCUT2D eigenvalue weighted by Crippen LogP contribution is 2.60. The molecule has 1 fully saturated rings. The molecule has 2 aromatic carbocycles. The number of nitrogens with zero attached hydrogens (tertiary/aromatic N) is 1. The van der Waals surface area contributed by atoms with Crippen LogP contribution in [-0.2, 0) is 10.2 Å². The van der Waals surface area contributed by atoms with E-state index in [-0.39, 0.29) is 23.1 Å². The number of aromatic nitrogens is 1. The molecule has 1 spiro atoms. The van der Waals surface area contributed by atoms with Crippen LogP contribution in [0.1, 0.15) is 18.4 Å². The van der Waals surface area contributed by atoms with Crippen LogP contribution in [-0.4, -0.2) is 17.5 Å². The number of carbonyl (C=O) groups is 1. The van der Waals surface area contributed by atoms with E-state index in [0.717, 1.165) is 24.2 Å². The number of anilines is 1. The number of benzene rings is 2. The van der Waals surface area contributed by atoms with Gasteiger partial charge in [0, 0.05) is 16.9 Å². The molecule has 0 bridgehead atoms. The van der Waals surface area contributed by atoms with Crippen molar-refractivity contribution in [2.24, 2.45) is 5.92 Å². The Balaban J connectivity index is 1.25. The monoisotopic (exact) mass is 390 g/mol. The number of fused-ring (bicyclic) bond motifs is 2. The summed E-state index contributed by atoms with van der Waals surface area (Å²) < 4.78 is 24.3. The third kappa shape index (κ3) is 3.31. The second-order valence-electron chi connectivity index (χ2n) is 7.43. The maximum Gasteiger partial charge on any atom is 0.229 e. The highest BCUT2D eigenvalue weighted by Gasteiger charge is 2.61. The second-order valence-corrected chi connectivity index (χ2v) is 7.43. The molecule has 0 saturated heterocycles. The van der Waals surface area contributed by atoms with Crippen molar-refractivity contribution >= 4 is 11.7 Å². The van der Waals surface area contributed by atoms with E-state index in [1.165, 1.54) is 18.3 Å². The van der Waals surface area contributed by atoms with Crippen LogP contribution in [0, 0.1) is 11.7 Å². The predicted molar refractivity (Wildman–Crippen MR) is 106 cm³/mol. The normalized spacial score (nSPS) is 21.8. The molecule has 1 amide bonds.